The van der Waals surface area contributed by atoms with Crippen LogP contribution in [0.15, 0.2) is 29.0 Å². The lowest BCUT2D eigenvalue weighted by Crippen LogP contribution is -2.05. The molecule has 0 aliphatic carbocycles. The number of ether oxygens (including phenoxy) is 1. The molecule has 0 atom stereocenters. The molecular weight excluding hydrogens is 284 g/mol. The molecular formula is C11H13BrN4O. The molecule has 1 aromatic heterocycles. The van der Waals surface area contributed by atoms with Gasteiger partial charge in [-0.25, -0.2) is 0 Å². The molecule has 17 heavy (non-hydrogen) atoms. The van der Waals surface area contributed by atoms with Crippen LogP contribution in [0.4, 0.5) is 5.69 Å². The van der Waals surface area contributed by atoms with Crippen molar-refractivity contribution in [2.24, 2.45) is 0 Å². The van der Waals surface area contributed by atoms with Crippen LogP contribution in [0.25, 0.3) is 11.4 Å². The normalized spacial score (nSPS) is 10.7. The zero-order chi connectivity index (χ0) is 12.3. The average molecular weight is 297 g/mol. The van der Waals surface area contributed by atoms with Crippen molar-refractivity contribution in [2.75, 3.05) is 19.5 Å². The number of aromatic nitrogens is 3. The topological polar surface area (TPSA) is 66.0 Å². The summed E-state index contributed by atoms with van der Waals surface area (Å²) in [7, 11) is 1.66. The number of methoxy groups -OCH3 is 1. The predicted molar refractivity (Wildman–Crippen MR) is 69.4 cm³/mol. The van der Waals surface area contributed by atoms with Gasteiger partial charge in [0.2, 0.25) is 0 Å². The average Bonchev–Trinajstić information content (AvgIpc) is 2.77. The monoisotopic (exact) mass is 296 g/mol. The van der Waals surface area contributed by atoms with Crippen molar-refractivity contribution in [2.45, 2.75) is 6.54 Å². The summed E-state index contributed by atoms with van der Waals surface area (Å²) >= 11 is 3.42. The van der Waals surface area contributed by atoms with Gasteiger partial charge in [0.25, 0.3) is 0 Å². The Balaban J connectivity index is 2.38. The third-order valence-corrected chi connectivity index (χ3v) is 2.90. The van der Waals surface area contributed by atoms with Gasteiger partial charge in [-0.1, -0.05) is 15.9 Å². The molecule has 0 radical (unpaired) electrons. The van der Waals surface area contributed by atoms with Crippen LogP contribution >= 0.6 is 15.9 Å². The van der Waals surface area contributed by atoms with Crippen molar-refractivity contribution in [3.63, 3.8) is 0 Å². The highest BCUT2D eigenvalue weighted by Gasteiger charge is 2.10. The number of rotatable bonds is 4. The second-order valence-electron chi connectivity index (χ2n) is 3.57. The lowest BCUT2D eigenvalue weighted by Gasteiger charge is -2.08. The molecule has 90 valence electrons. The summed E-state index contributed by atoms with van der Waals surface area (Å²) in [6, 6.07) is 5.67. The van der Waals surface area contributed by atoms with Gasteiger partial charge < -0.3 is 15.0 Å². The predicted octanol–water partition coefficient (Wildman–Crippen LogP) is 1.94. The van der Waals surface area contributed by atoms with Crippen molar-refractivity contribution in [1.29, 1.82) is 0 Å². The van der Waals surface area contributed by atoms with E-state index in [9.17, 15) is 0 Å². The van der Waals surface area contributed by atoms with Crippen LogP contribution in [0, 0.1) is 0 Å². The molecule has 0 spiro atoms. The van der Waals surface area contributed by atoms with Crippen molar-refractivity contribution < 1.29 is 4.74 Å². The Morgan fingerprint density at radius 1 is 1.47 bits per heavy atom. The van der Waals surface area contributed by atoms with Gasteiger partial charge >= 0.3 is 0 Å². The molecule has 0 amide bonds. The molecule has 1 heterocycles. The van der Waals surface area contributed by atoms with E-state index >= 15 is 0 Å². The van der Waals surface area contributed by atoms with Gasteiger partial charge in [0.05, 0.1) is 6.61 Å². The first-order valence-corrected chi connectivity index (χ1v) is 5.94. The maximum absolute atomic E-state index is 5.95. The second kappa shape index (κ2) is 5.29. The number of hydrogen-bond donors (Lipinski definition) is 1. The summed E-state index contributed by atoms with van der Waals surface area (Å²) in [6.07, 6.45) is 1.68. The molecule has 0 aliphatic heterocycles. The maximum atomic E-state index is 5.95. The molecule has 6 heteroatoms. The fourth-order valence-corrected chi connectivity index (χ4v) is 1.90. The van der Waals surface area contributed by atoms with E-state index < -0.39 is 0 Å². The van der Waals surface area contributed by atoms with E-state index in [1.165, 1.54) is 0 Å². The van der Waals surface area contributed by atoms with Crippen molar-refractivity contribution in [3.8, 4) is 11.4 Å². The van der Waals surface area contributed by atoms with Gasteiger partial charge in [0, 0.05) is 29.4 Å². The molecule has 1 aromatic carbocycles. The zero-order valence-corrected chi connectivity index (χ0v) is 11.0. The van der Waals surface area contributed by atoms with Gasteiger partial charge in [-0.2, -0.15) is 0 Å². The van der Waals surface area contributed by atoms with Crippen molar-refractivity contribution >= 4 is 21.6 Å². The maximum Gasteiger partial charge on any atom is 0.165 e. The van der Waals surface area contributed by atoms with Gasteiger partial charge in [0.15, 0.2) is 5.82 Å². The molecule has 0 fully saturated rings. The number of hydrogen-bond acceptors (Lipinski definition) is 4. The molecule has 0 unspecified atom stereocenters. The summed E-state index contributed by atoms with van der Waals surface area (Å²) in [5, 5.41) is 8.01. The molecule has 2 rings (SSSR count). The third kappa shape index (κ3) is 2.65. The highest BCUT2D eigenvalue weighted by atomic mass is 79.9. The van der Waals surface area contributed by atoms with E-state index in [2.05, 4.69) is 26.1 Å². The lowest BCUT2D eigenvalue weighted by molar-refractivity contribution is 0.187. The SMILES string of the molecule is COCCn1cnnc1-c1cc(Br)ccc1N. The minimum absolute atomic E-state index is 0.610. The number of nitrogens with two attached hydrogens (primary N) is 1. The van der Waals surface area contributed by atoms with Crippen molar-refractivity contribution in [1.82, 2.24) is 14.8 Å². The Hall–Kier alpha value is -1.40. The van der Waals surface area contributed by atoms with E-state index in [1.54, 1.807) is 13.4 Å². The zero-order valence-electron chi connectivity index (χ0n) is 9.43. The summed E-state index contributed by atoms with van der Waals surface area (Å²) < 4.78 is 7.92. The molecule has 2 aromatic rings. The fourth-order valence-electron chi connectivity index (χ4n) is 1.54. The Morgan fingerprint density at radius 3 is 3.06 bits per heavy atom. The van der Waals surface area contributed by atoms with Crippen LogP contribution in [0.1, 0.15) is 0 Å². The highest BCUT2D eigenvalue weighted by Crippen LogP contribution is 2.27. The number of nitrogen functional groups attached to an aromatic ring is 1. The summed E-state index contributed by atoms with van der Waals surface area (Å²) in [5.74, 6) is 0.751. The Bertz CT molecular complexity index is 512. The Kier molecular flexibility index (Phi) is 3.75. The van der Waals surface area contributed by atoms with Crippen LogP contribution in [0.3, 0.4) is 0 Å². The molecule has 0 saturated carbocycles. The minimum atomic E-state index is 0.610. The van der Waals surface area contributed by atoms with Crippen LogP contribution in [-0.2, 0) is 11.3 Å². The number of anilines is 1. The summed E-state index contributed by atoms with van der Waals surface area (Å²) in [4.78, 5) is 0. The van der Waals surface area contributed by atoms with Gasteiger partial charge in [-0.15, -0.1) is 10.2 Å². The lowest BCUT2D eigenvalue weighted by atomic mass is 10.1. The number of nitrogens with zero attached hydrogens (tertiary/aromatic N) is 3. The molecule has 5 nitrogen and oxygen atoms in total. The Morgan fingerprint density at radius 2 is 2.29 bits per heavy atom. The first-order valence-electron chi connectivity index (χ1n) is 5.14. The van der Waals surface area contributed by atoms with Crippen LogP contribution in [0.2, 0.25) is 0 Å². The van der Waals surface area contributed by atoms with Crippen LogP contribution in [-0.4, -0.2) is 28.5 Å². The quantitative estimate of drug-likeness (QED) is 0.876. The molecule has 0 saturated heterocycles. The van der Waals surface area contributed by atoms with E-state index in [1.807, 2.05) is 22.8 Å². The van der Waals surface area contributed by atoms with Gasteiger partial charge in [0.1, 0.15) is 6.33 Å². The van der Waals surface area contributed by atoms with Crippen LogP contribution in [0.5, 0.6) is 0 Å². The van der Waals surface area contributed by atoms with E-state index in [-0.39, 0.29) is 0 Å². The number of benzene rings is 1. The summed E-state index contributed by atoms with van der Waals surface area (Å²) in [5.41, 5.74) is 7.49. The van der Waals surface area contributed by atoms with E-state index in [4.69, 9.17) is 10.5 Å². The van der Waals surface area contributed by atoms with Gasteiger partial charge in [-0.3, -0.25) is 0 Å². The molecule has 2 N–H and O–H groups in total. The van der Waals surface area contributed by atoms with Gasteiger partial charge in [-0.05, 0) is 18.2 Å². The second-order valence-corrected chi connectivity index (χ2v) is 4.49. The van der Waals surface area contributed by atoms with Crippen molar-refractivity contribution in [3.05, 3.63) is 29.0 Å². The highest BCUT2D eigenvalue weighted by molar-refractivity contribution is 9.10. The van der Waals surface area contributed by atoms with E-state index in [0.29, 0.717) is 18.8 Å². The fraction of sp³-hybridized carbons (Fsp3) is 0.273. The van der Waals surface area contributed by atoms with E-state index in [0.717, 1.165) is 15.9 Å². The first-order chi connectivity index (χ1) is 8.22. The Labute approximate surface area is 108 Å². The minimum Gasteiger partial charge on any atom is -0.398 e. The first kappa shape index (κ1) is 12.1. The molecule has 0 aliphatic rings. The van der Waals surface area contributed by atoms with Crippen LogP contribution < -0.4 is 5.73 Å². The third-order valence-electron chi connectivity index (χ3n) is 2.41. The summed E-state index contributed by atoms with van der Waals surface area (Å²) in [6.45, 7) is 1.31. The standard InChI is InChI=1S/C11H13BrN4O/c1-17-5-4-16-7-14-15-11(16)9-6-8(12)2-3-10(9)13/h2-3,6-7H,4-5,13H2,1H3. The number of halogens is 1. The smallest absolute Gasteiger partial charge is 0.165 e. The largest absolute Gasteiger partial charge is 0.398 e. The molecule has 0 bridgehead atoms.